The predicted octanol–water partition coefficient (Wildman–Crippen LogP) is 1.27. The van der Waals surface area contributed by atoms with Crippen LogP contribution in [0.15, 0.2) is 48.9 Å². The zero-order valence-electron chi connectivity index (χ0n) is 14.8. The number of likely N-dealkylation sites (N-methyl/N-ethyl adjacent to an activating group) is 1. The third-order valence-electron chi connectivity index (χ3n) is 5.51. The van der Waals surface area contributed by atoms with E-state index in [1.165, 1.54) is 0 Å². The molecular formula is C19H18N6O2. The van der Waals surface area contributed by atoms with Gasteiger partial charge in [0.05, 0.1) is 11.1 Å². The zero-order valence-corrected chi connectivity index (χ0v) is 14.8. The van der Waals surface area contributed by atoms with E-state index in [2.05, 4.69) is 15.3 Å². The number of benzene rings is 1. The van der Waals surface area contributed by atoms with E-state index in [4.69, 9.17) is 0 Å². The molecule has 1 aromatic carbocycles. The van der Waals surface area contributed by atoms with E-state index in [9.17, 15) is 9.59 Å². The van der Waals surface area contributed by atoms with Crippen molar-refractivity contribution in [1.29, 1.82) is 0 Å². The molecule has 2 aromatic heterocycles. The van der Waals surface area contributed by atoms with Crippen molar-refractivity contribution in [2.45, 2.75) is 5.54 Å². The van der Waals surface area contributed by atoms with Crippen molar-refractivity contribution < 1.29 is 9.59 Å². The molecule has 8 heteroatoms. The summed E-state index contributed by atoms with van der Waals surface area (Å²) in [4.78, 5) is 36.8. The molecule has 0 bridgehead atoms. The molecule has 0 atom stereocenters. The van der Waals surface area contributed by atoms with E-state index in [0.717, 1.165) is 5.69 Å². The first-order valence-electron chi connectivity index (χ1n) is 8.77. The van der Waals surface area contributed by atoms with Gasteiger partial charge >= 0.3 is 6.03 Å². The van der Waals surface area contributed by atoms with E-state index in [0.29, 0.717) is 36.4 Å². The molecule has 0 aliphatic carbocycles. The average molecular weight is 362 g/mol. The molecule has 136 valence electrons. The number of pyridine rings is 1. The maximum Gasteiger partial charge on any atom is 0.317 e. The summed E-state index contributed by atoms with van der Waals surface area (Å²) in [5, 5.41) is 2.83. The molecular weight excluding hydrogens is 344 g/mol. The number of hydrogen-bond acceptors (Lipinski definition) is 4. The van der Waals surface area contributed by atoms with Crippen molar-refractivity contribution in [3.63, 3.8) is 0 Å². The largest absolute Gasteiger partial charge is 0.335 e. The summed E-state index contributed by atoms with van der Waals surface area (Å²) in [6, 6.07) is 11.5. The Kier molecular flexibility index (Phi) is 3.24. The van der Waals surface area contributed by atoms with Crippen LogP contribution in [0.25, 0.3) is 16.9 Å². The summed E-state index contributed by atoms with van der Waals surface area (Å²) in [5.74, 6) is -0.0861. The van der Waals surface area contributed by atoms with Crippen molar-refractivity contribution in [2.75, 3.05) is 26.7 Å². The third-order valence-corrected chi connectivity index (χ3v) is 5.51. The van der Waals surface area contributed by atoms with E-state index in [1.54, 1.807) is 35.4 Å². The Hall–Kier alpha value is -3.42. The fourth-order valence-electron chi connectivity index (χ4n) is 3.80. The number of carbonyl (C=O) groups excluding carboxylic acids is 2. The molecule has 3 aromatic rings. The highest BCUT2D eigenvalue weighted by atomic mass is 16.2. The van der Waals surface area contributed by atoms with Crippen LogP contribution in [0.5, 0.6) is 0 Å². The molecule has 5 rings (SSSR count). The van der Waals surface area contributed by atoms with Crippen molar-refractivity contribution in [3.8, 4) is 5.69 Å². The molecule has 1 N–H and O–H groups in total. The second-order valence-corrected chi connectivity index (χ2v) is 7.12. The number of aromatic nitrogens is 3. The van der Waals surface area contributed by atoms with Gasteiger partial charge in [-0.25, -0.2) is 14.8 Å². The number of likely N-dealkylation sites (tertiary alicyclic amines) is 1. The third kappa shape index (κ3) is 2.29. The Morgan fingerprint density at radius 3 is 2.67 bits per heavy atom. The number of para-hydroxylation sites is 1. The van der Waals surface area contributed by atoms with Gasteiger partial charge < -0.3 is 15.1 Å². The first-order valence-corrected chi connectivity index (χ1v) is 8.77. The first-order chi connectivity index (χ1) is 13.1. The minimum atomic E-state index is -0.279. The lowest BCUT2D eigenvalue weighted by atomic mass is 9.89. The van der Waals surface area contributed by atoms with Crippen LogP contribution in [-0.2, 0) is 0 Å². The van der Waals surface area contributed by atoms with E-state index >= 15 is 0 Å². The lowest BCUT2D eigenvalue weighted by Crippen LogP contribution is -2.70. The van der Waals surface area contributed by atoms with Crippen molar-refractivity contribution in [3.05, 3.63) is 54.5 Å². The molecule has 3 amide bonds. The van der Waals surface area contributed by atoms with E-state index in [-0.39, 0.29) is 17.5 Å². The summed E-state index contributed by atoms with van der Waals surface area (Å²) in [6.45, 7) is 1.63. The van der Waals surface area contributed by atoms with Gasteiger partial charge in [-0.1, -0.05) is 18.2 Å². The number of carbonyl (C=O) groups is 2. The van der Waals surface area contributed by atoms with Gasteiger partial charge in [-0.2, -0.15) is 0 Å². The van der Waals surface area contributed by atoms with Crippen LogP contribution in [0.2, 0.25) is 0 Å². The number of nitrogens with zero attached hydrogens (tertiary/aromatic N) is 5. The molecule has 2 aliphatic rings. The summed E-state index contributed by atoms with van der Waals surface area (Å²) in [7, 11) is 1.77. The van der Waals surface area contributed by atoms with Crippen LogP contribution in [0.4, 0.5) is 4.79 Å². The highest BCUT2D eigenvalue weighted by Gasteiger charge is 2.53. The van der Waals surface area contributed by atoms with Crippen LogP contribution in [-0.4, -0.2) is 68.5 Å². The van der Waals surface area contributed by atoms with Crippen LogP contribution in [0.3, 0.4) is 0 Å². The minimum Gasteiger partial charge on any atom is -0.335 e. The van der Waals surface area contributed by atoms with Crippen molar-refractivity contribution in [2.24, 2.45) is 0 Å². The average Bonchev–Trinajstić information content (AvgIpc) is 3.22. The van der Waals surface area contributed by atoms with Gasteiger partial charge in [0.15, 0.2) is 5.65 Å². The Labute approximate surface area is 155 Å². The van der Waals surface area contributed by atoms with Gasteiger partial charge in [0.25, 0.3) is 5.91 Å². The molecule has 0 saturated carbocycles. The van der Waals surface area contributed by atoms with Crippen LogP contribution in [0, 0.1) is 0 Å². The standard InChI is InChI=1S/C19H18N6O2/c1-23-18(27)21-9-19(23)10-24(11-19)17(26)13-7-15-16(20-8-13)25(12-22-15)14-5-3-2-4-6-14/h2-8,12H,9-11H2,1H3,(H,21,27). The smallest absolute Gasteiger partial charge is 0.317 e. The fraction of sp³-hybridized carbons (Fsp3) is 0.263. The highest BCUT2D eigenvalue weighted by molar-refractivity contribution is 5.97. The summed E-state index contributed by atoms with van der Waals surface area (Å²) < 4.78 is 1.90. The first kappa shape index (κ1) is 15.8. The number of nitrogens with one attached hydrogen (secondary N) is 1. The normalized spacial score (nSPS) is 18.0. The Morgan fingerprint density at radius 1 is 1.19 bits per heavy atom. The monoisotopic (exact) mass is 362 g/mol. The SMILES string of the molecule is CN1C(=O)NCC12CN(C(=O)c1cnc3c(c1)ncn3-c1ccccc1)C2. The molecule has 0 radical (unpaired) electrons. The molecule has 2 fully saturated rings. The van der Waals surface area contributed by atoms with Gasteiger partial charge in [-0.15, -0.1) is 0 Å². The van der Waals surface area contributed by atoms with Gasteiger partial charge in [0.2, 0.25) is 0 Å². The Balaban J connectivity index is 1.39. The second kappa shape index (κ2) is 5.54. The zero-order chi connectivity index (χ0) is 18.6. The van der Waals surface area contributed by atoms with Gasteiger partial charge in [-0.05, 0) is 18.2 Å². The number of amides is 3. The molecule has 0 unspecified atom stereocenters. The topological polar surface area (TPSA) is 83.4 Å². The molecule has 1 spiro atoms. The molecule has 2 saturated heterocycles. The van der Waals surface area contributed by atoms with Crippen molar-refractivity contribution >= 4 is 23.1 Å². The van der Waals surface area contributed by atoms with Crippen LogP contribution < -0.4 is 5.32 Å². The van der Waals surface area contributed by atoms with Gasteiger partial charge in [0.1, 0.15) is 11.8 Å². The Morgan fingerprint density at radius 2 is 1.96 bits per heavy atom. The lowest BCUT2D eigenvalue weighted by molar-refractivity contribution is 0.00775. The highest BCUT2D eigenvalue weighted by Crippen LogP contribution is 2.31. The van der Waals surface area contributed by atoms with Crippen LogP contribution in [0.1, 0.15) is 10.4 Å². The lowest BCUT2D eigenvalue weighted by Gasteiger charge is -2.50. The molecule has 4 heterocycles. The Bertz CT molecular complexity index is 1050. The molecule has 8 nitrogen and oxygen atoms in total. The molecule has 2 aliphatic heterocycles. The summed E-state index contributed by atoms with van der Waals surface area (Å²) in [5.41, 5.74) is 2.59. The molecule has 27 heavy (non-hydrogen) atoms. The second-order valence-electron chi connectivity index (χ2n) is 7.12. The maximum atomic E-state index is 12.8. The van der Waals surface area contributed by atoms with E-state index < -0.39 is 0 Å². The summed E-state index contributed by atoms with van der Waals surface area (Å²) in [6.07, 6.45) is 3.31. The number of imidazole rings is 1. The quantitative estimate of drug-likeness (QED) is 0.744. The minimum absolute atomic E-state index is 0.0861. The van der Waals surface area contributed by atoms with Gasteiger partial charge in [-0.3, -0.25) is 9.36 Å². The van der Waals surface area contributed by atoms with Crippen LogP contribution >= 0.6 is 0 Å². The maximum absolute atomic E-state index is 12.8. The number of fused-ring (bicyclic) bond motifs is 1. The number of hydrogen-bond donors (Lipinski definition) is 1. The summed E-state index contributed by atoms with van der Waals surface area (Å²) >= 11 is 0. The van der Waals surface area contributed by atoms with E-state index in [1.807, 2.05) is 34.9 Å². The number of urea groups is 1. The predicted molar refractivity (Wildman–Crippen MR) is 98.7 cm³/mol. The number of rotatable bonds is 2. The fourth-order valence-corrected chi connectivity index (χ4v) is 3.80. The van der Waals surface area contributed by atoms with Gasteiger partial charge in [0, 0.05) is 38.6 Å². The van der Waals surface area contributed by atoms with Crippen molar-refractivity contribution in [1.82, 2.24) is 29.7 Å².